The normalized spacial score (nSPS) is 20.4. The van der Waals surface area contributed by atoms with E-state index in [-0.39, 0.29) is 24.9 Å². The fourth-order valence-electron chi connectivity index (χ4n) is 5.40. The molecule has 2 heterocycles. The molecule has 1 saturated carbocycles. The van der Waals surface area contributed by atoms with Crippen molar-refractivity contribution in [1.29, 1.82) is 0 Å². The van der Waals surface area contributed by atoms with Gasteiger partial charge in [0.1, 0.15) is 21.5 Å². The van der Waals surface area contributed by atoms with Gasteiger partial charge in [0.15, 0.2) is 5.72 Å². The molecule has 2 N–H and O–H groups in total. The maximum Gasteiger partial charge on any atom is 0.257 e. The average molecular weight is 550 g/mol. The van der Waals surface area contributed by atoms with E-state index < -0.39 is 39.3 Å². The zero-order chi connectivity index (χ0) is 29.3. The lowest BCUT2D eigenvalue weighted by Crippen LogP contribution is -2.62. The molecule has 2 aliphatic rings. The summed E-state index contributed by atoms with van der Waals surface area (Å²) in [5.41, 5.74) is -2.78. The zero-order valence-corrected chi connectivity index (χ0v) is 22.8. The molecule has 1 fully saturated rings. The van der Waals surface area contributed by atoms with Gasteiger partial charge >= 0.3 is 0 Å². The summed E-state index contributed by atoms with van der Waals surface area (Å²) >= 11 is 6.04. The fraction of sp³-hybridized carbons (Fsp3) is 0.357. The van der Waals surface area contributed by atoms with Gasteiger partial charge in [-0.15, -0.1) is 0 Å². The highest BCUT2D eigenvalue weighted by atomic mass is 35.5. The third kappa shape index (κ3) is 4.61. The van der Waals surface area contributed by atoms with Gasteiger partial charge in [0.05, 0.1) is 38.6 Å². The number of benzene rings is 2. The van der Waals surface area contributed by atoms with Gasteiger partial charge in [0, 0.05) is 28.3 Å². The topological polar surface area (TPSA) is 82.9 Å². The van der Waals surface area contributed by atoms with E-state index >= 15 is 0 Å². The Labute approximate surface area is 242 Å². The summed E-state index contributed by atoms with van der Waals surface area (Å²) in [7, 11) is 25.0. The number of fused-ring (bicyclic) bond motifs is 1. The summed E-state index contributed by atoms with van der Waals surface area (Å²) in [5, 5.41) is 17.2. The molecule has 1 aliphatic carbocycles. The standard InChI is InChI=1S/C28H24B4ClFN2O4/c1-24(2,38)17-5-10-22-21(13-17)23(37)36(15-20-9-6-18(33)14-35-20)26(22,16-3-7-19(34)8-4-16)40-28(31,32)25(11-12-25)27(29,30)39/h3-10,13-14,38-39H,11-12,15H2,1-2H3/t26-/m1/s1. The van der Waals surface area contributed by atoms with Crippen molar-refractivity contribution in [2.75, 3.05) is 0 Å². The van der Waals surface area contributed by atoms with Gasteiger partial charge in [-0.1, -0.05) is 35.9 Å². The molecule has 5 rings (SSSR count). The van der Waals surface area contributed by atoms with Crippen molar-refractivity contribution >= 4 is 48.9 Å². The zero-order valence-electron chi connectivity index (χ0n) is 22.1. The smallest absolute Gasteiger partial charge is 0.257 e. The number of halogens is 2. The van der Waals surface area contributed by atoms with Crippen LogP contribution in [0, 0.1) is 11.2 Å². The minimum atomic E-state index is -2.31. The number of carbonyl (C=O) groups excluding carboxylic acids is 1. The Kier molecular flexibility index (Phi) is 6.86. The highest BCUT2D eigenvalue weighted by Gasteiger charge is 2.65. The Morgan fingerprint density at radius 2 is 1.70 bits per heavy atom. The summed E-state index contributed by atoms with van der Waals surface area (Å²) < 4.78 is 20.7. The lowest BCUT2D eigenvalue weighted by atomic mass is 9.43. The van der Waals surface area contributed by atoms with Gasteiger partial charge < -0.3 is 14.9 Å². The van der Waals surface area contributed by atoms with Crippen LogP contribution in [0.4, 0.5) is 4.39 Å². The number of nitrogens with zero attached hydrogens (tertiary/aromatic N) is 2. The molecule has 2 aromatic carbocycles. The first kappa shape index (κ1) is 28.9. The highest BCUT2D eigenvalue weighted by Crippen LogP contribution is 2.61. The molecule has 8 radical (unpaired) electrons. The predicted octanol–water partition coefficient (Wildman–Crippen LogP) is 2.73. The van der Waals surface area contributed by atoms with Crippen LogP contribution in [0.15, 0.2) is 60.8 Å². The Hall–Kier alpha value is -2.58. The molecule has 6 nitrogen and oxygen atoms in total. The van der Waals surface area contributed by atoms with Crippen molar-refractivity contribution < 1.29 is 24.1 Å². The van der Waals surface area contributed by atoms with Gasteiger partial charge in [0.25, 0.3) is 5.91 Å². The van der Waals surface area contributed by atoms with Gasteiger partial charge in [-0.25, -0.2) is 4.39 Å². The second kappa shape index (κ2) is 9.48. The highest BCUT2D eigenvalue weighted by molar-refractivity contribution is 6.45. The number of pyridine rings is 1. The Balaban J connectivity index is 1.77. The number of carbonyl (C=O) groups is 1. The molecule has 1 aromatic heterocycles. The summed E-state index contributed by atoms with van der Waals surface area (Å²) in [6, 6.07) is 13.5. The average Bonchev–Trinajstić information content (AvgIpc) is 3.67. The maximum atomic E-state index is 14.2. The molecule has 3 aromatic rings. The van der Waals surface area contributed by atoms with Crippen molar-refractivity contribution in [2.24, 2.45) is 5.41 Å². The van der Waals surface area contributed by atoms with Crippen molar-refractivity contribution in [1.82, 2.24) is 9.88 Å². The number of ether oxygens (including phenoxy) is 1. The van der Waals surface area contributed by atoms with Gasteiger partial charge in [-0.2, -0.15) is 0 Å². The van der Waals surface area contributed by atoms with Crippen LogP contribution in [0.2, 0.25) is 5.02 Å². The van der Waals surface area contributed by atoms with Crippen LogP contribution in [0.5, 0.6) is 0 Å². The minimum absolute atomic E-state index is 0.0987. The first-order chi connectivity index (χ1) is 18.5. The Morgan fingerprint density at radius 3 is 2.23 bits per heavy atom. The van der Waals surface area contributed by atoms with Crippen LogP contribution in [-0.2, 0) is 22.6 Å². The van der Waals surface area contributed by atoms with Crippen LogP contribution >= 0.6 is 11.6 Å². The van der Waals surface area contributed by atoms with Gasteiger partial charge in [-0.05, 0) is 73.4 Å². The van der Waals surface area contributed by atoms with E-state index in [4.69, 9.17) is 47.7 Å². The van der Waals surface area contributed by atoms with Crippen LogP contribution in [0.25, 0.3) is 0 Å². The second-order valence-electron chi connectivity index (χ2n) is 11.1. The quantitative estimate of drug-likeness (QED) is 0.422. The summed E-state index contributed by atoms with van der Waals surface area (Å²) in [6.07, 6.45) is 1.94. The lowest BCUT2D eigenvalue weighted by molar-refractivity contribution is -0.168. The van der Waals surface area contributed by atoms with Crippen LogP contribution in [-0.4, -0.2) is 68.2 Å². The van der Waals surface area contributed by atoms with E-state index in [0.29, 0.717) is 27.4 Å². The van der Waals surface area contributed by atoms with Crippen LogP contribution in [0.3, 0.4) is 0 Å². The summed E-state index contributed by atoms with van der Waals surface area (Å²) in [4.78, 5) is 19.9. The molecule has 12 heteroatoms. The molecule has 0 bridgehead atoms. The van der Waals surface area contributed by atoms with Gasteiger partial charge in [-0.3, -0.25) is 14.7 Å². The number of hydrogen-bond acceptors (Lipinski definition) is 5. The largest absolute Gasteiger partial charge is 0.409 e. The second-order valence-corrected chi connectivity index (χ2v) is 11.6. The molecule has 40 heavy (non-hydrogen) atoms. The predicted molar refractivity (Wildman–Crippen MR) is 151 cm³/mol. The summed E-state index contributed by atoms with van der Waals surface area (Å²) in [5.74, 6) is -1.01. The van der Waals surface area contributed by atoms with Crippen molar-refractivity contribution in [3.63, 3.8) is 0 Å². The number of hydrogen-bond donors (Lipinski definition) is 2. The van der Waals surface area contributed by atoms with E-state index in [9.17, 15) is 19.4 Å². The Morgan fingerprint density at radius 1 is 1.05 bits per heavy atom. The fourth-order valence-corrected chi connectivity index (χ4v) is 5.52. The van der Waals surface area contributed by atoms with E-state index in [1.165, 1.54) is 35.4 Å². The number of aromatic nitrogens is 1. The monoisotopic (exact) mass is 550 g/mol. The maximum absolute atomic E-state index is 14.2. The molecule has 1 aliphatic heterocycles. The first-order valence-electron chi connectivity index (χ1n) is 12.7. The molecule has 0 spiro atoms. The van der Waals surface area contributed by atoms with E-state index in [2.05, 4.69) is 4.98 Å². The third-order valence-corrected chi connectivity index (χ3v) is 8.10. The minimum Gasteiger partial charge on any atom is -0.409 e. The van der Waals surface area contributed by atoms with E-state index in [1.807, 2.05) is 0 Å². The third-order valence-electron chi connectivity index (χ3n) is 7.87. The van der Waals surface area contributed by atoms with Gasteiger partial charge in [0.2, 0.25) is 0 Å². The molecule has 0 saturated heterocycles. The van der Waals surface area contributed by atoms with Crippen LogP contribution < -0.4 is 0 Å². The number of amides is 1. The van der Waals surface area contributed by atoms with Crippen molar-refractivity contribution in [2.45, 2.75) is 55.4 Å². The summed E-state index contributed by atoms with van der Waals surface area (Å²) in [6.45, 7) is 3.09. The molecular weight excluding hydrogens is 526 g/mol. The molecule has 1 amide bonds. The van der Waals surface area contributed by atoms with Crippen molar-refractivity contribution in [3.05, 3.63) is 99.6 Å². The molecule has 1 atom stereocenters. The number of aliphatic hydroxyl groups is 2. The molecule has 0 unspecified atom stereocenters. The number of rotatable bonds is 8. The van der Waals surface area contributed by atoms with E-state index in [0.717, 1.165) is 0 Å². The molecule has 196 valence electrons. The Bertz CT molecular complexity index is 1460. The van der Waals surface area contributed by atoms with Crippen molar-refractivity contribution in [3.8, 4) is 0 Å². The lowest BCUT2D eigenvalue weighted by Gasteiger charge is -2.51. The molecular formula is C28H24B4ClFN2O4. The van der Waals surface area contributed by atoms with Crippen LogP contribution in [0.1, 0.15) is 59.4 Å². The SMILES string of the molecule is [B]C([B])(O)C1(C([B])([B])O[C@]2(c3ccc(F)cc3)c3ccc(C(C)(C)O)cc3C(=O)N2Cc2ccc(Cl)cn2)CC1. The van der Waals surface area contributed by atoms with E-state index in [1.54, 1.807) is 44.2 Å². The first-order valence-corrected chi connectivity index (χ1v) is 13.0.